The van der Waals surface area contributed by atoms with Crippen LogP contribution in [0.5, 0.6) is 5.75 Å². The molecule has 0 saturated heterocycles. The third kappa shape index (κ3) is 6.53. The van der Waals surface area contributed by atoms with E-state index in [1.54, 1.807) is 0 Å². The second kappa shape index (κ2) is 10.4. The van der Waals surface area contributed by atoms with Crippen LogP contribution < -0.4 is 10.1 Å². The fourth-order valence-corrected chi connectivity index (χ4v) is 2.36. The quantitative estimate of drug-likeness (QED) is 0.309. The molecule has 0 heterocycles. The molecule has 0 radical (unpaired) electrons. The first-order chi connectivity index (χ1) is 11.4. The zero-order valence-electron chi connectivity index (χ0n) is 14.8. The summed E-state index contributed by atoms with van der Waals surface area (Å²) in [6, 6.07) is 5.87. The summed E-state index contributed by atoms with van der Waals surface area (Å²) in [4.78, 5) is 23.6. The van der Waals surface area contributed by atoms with E-state index in [0.717, 1.165) is 11.1 Å². The zero-order valence-corrected chi connectivity index (χ0v) is 15.7. The second-order valence-electron chi connectivity index (χ2n) is 6.11. The van der Waals surface area contributed by atoms with Gasteiger partial charge >= 0.3 is 11.9 Å². The Kier molecular flexibility index (Phi) is 8.85. The van der Waals surface area contributed by atoms with Gasteiger partial charge in [-0.3, -0.25) is 4.79 Å². The van der Waals surface area contributed by atoms with Gasteiger partial charge in [0.05, 0.1) is 6.54 Å². The molecule has 1 aromatic carbocycles. The van der Waals surface area contributed by atoms with E-state index < -0.39 is 18.5 Å². The first kappa shape index (κ1) is 20.5. The molecule has 0 bridgehead atoms. The van der Waals surface area contributed by atoms with Gasteiger partial charge in [0.25, 0.3) is 0 Å². The molecule has 0 aromatic heterocycles. The molecule has 24 heavy (non-hydrogen) atoms. The summed E-state index contributed by atoms with van der Waals surface area (Å²) in [5.74, 6) is 0.581. The Balaban J connectivity index is 2.71. The lowest BCUT2D eigenvalue weighted by Gasteiger charge is -2.18. The molecule has 1 aromatic rings. The van der Waals surface area contributed by atoms with Gasteiger partial charge in [0.15, 0.2) is 6.61 Å². The summed E-state index contributed by atoms with van der Waals surface area (Å²) in [7, 11) is 0. The minimum Gasteiger partial charge on any atom is -0.453 e. The molecular formula is C18H27NO4S. The van der Waals surface area contributed by atoms with Gasteiger partial charge in [-0.05, 0) is 23.0 Å². The van der Waals surface area contributed by atoms with Crippen molar-refractivity contribution in [2.45, 2.75) is 39.5 Å². The van der Waals surface area contributed by atoms with Crippen molar-refractivity contribution >= 4 is 24.6 Å². The van der Waals surface area contributed by atoms with E-state index in [4.69, 9.17) is 9.47 Å². The summed E-state index contributed by atoms with van der Waals surface area (Å²) >= 11 is 4.03. The fraction of sp³-hybridized carbons (Fsp3) is 0.556. The Morgan fingerprint density at radius 1 is 1.08 bits per heavy atom. The fourth-order valence-electron chi connectivity index (χ4n) is 2.20. The summed E-state index contributed by atoms with van der Waals surface area (Å²) in [6.45, 7) is 8.43. The Morgan fingerprint density at radius 3 is 2.17 bits per heavy atom. The van der Waals surface area contributed by atoms with Crippen LogP contribution in [0.15, 0.2) is 18.2 Å². The van der Waals surface area contributed by atoms with E-state index in [1.807, 2.05) is 45.9 Å². The smallest absolute Gasteiger partial charge is 0.349 e. The Hall–Kier alpha value is -1.53. The molecule has 6 heteroatoms. The van der Waals surface area contributed by atoms with Gasteiger partial charge in [0.1, 0.15) is 5.75 Å². The monoisotopic (exact) mass is 353 g/mol. The molecule has 0 saturated carbocycles. The van der Waals surface area contributed by atoms with E-state index in [1.165, 1.54) is 0 Å². The molecule has 0 amide bonds. The average Bonchev–Trinajstić information content (AvgIpc) is 2.53. The Morgan fingerprint density at radius 2 is 1.67 bits per heavy atom. The summed E-state index contributed by atoms with van der Waals surface area (Å²) in [6.07, 6.45) is 0. The van der Waals surface area contributed by atoms with Crippen LogP contribution in [0.4, 0.5) is 0 Å². The number of carbonyl (C=O) groups excluding carboxylic acids is 2. The van der Waals surface area contributed by atoms with Gasteiger partial charge in [-0.15, -0.1) is 0 Å². The molecule has 0 fully saturated rings. The lowest BCUT2D eigenvalue weighted by molar-refractivity contribution is -0.153. The number of hydrogen-bond acceptors (Lipinski definition) is 6. The zero-order chi connectivity index (χ0) is 18.1. The number of ether oxygens (including phenoxy) is 2. The summed E-state index contributed by atoms with van der Waals surface area (Å²) < 4.78 is 10.4. The molecule has 0 atom stereocenters. The first-order valence-corrected chi connectivity index (χ1v) is 8.80. The highest BCUT2D eigenvalue weighted by Crippen LogP contribution is 2.34. The minimum atomic E-state index is -0.576. The third-order valence-corrected chi connectivity index (χ3v) is 3.67. The SMILES string of the molecule is CC(C)c1cccc(C(C)C)c1OC(=O)COC(=O)CNCCS. The number of nitrogens with one attached hydrogen (secondary N) is 1. The molecule has 0 aliphatic rings. The first-order valence-electron chi connectivity index (χ1n) is 8.17. The lowest BCUT2D eigenvalue weighted by atomic mass is 9.94. The van der Waals surface area contributed by atoms with Crippen molar-refractivity contribution in [1.82, 2.24) is 5.32 Å². The van der Waals surface area contributed by atoms with Crippen molar-refractivity contribution in [2.24, 2.45) is 0 Å². The highest BCUT2D eigenvalue weighted by molar-refractivity contribution is 7.80. The van der Waals surface area contributed by atoms with Gasteiger partial charge < -0.3 is 14.8 Å². The van der Waals surface area contributed by atoms with Crippen LogP contribution in [0.1, 0.15) is 50.7 Å². The van der Waals surface area contributed by atoms with Crippen LogP contribution in [-0.2, 0) is 14.3 Å². The average molecular weight is 353 g/mol. The van der Waals surface area contributed by atoms with Crippen molar-refractivity contribution < 1.29 is 19.1 Å². The molecule has 0 spiro atoms. The van der Waals surface area contributed by atoms with E-state index in [9.17, 15) is 9.59 Å². The lowest BCUT2D eigenvalue weighted by Crippen LogP contribution is -2.28. The minimum absolute atomic E-state index is 0.0493. The van der Waals surface area contributed by atoms with Crippen molar-refractivity contribution in [3.8, 4) is 5.75 Å². The van der Waals surface area contributed by atoms with Crippen molar-refractivity contribution in [3.05, 3.63) is 29.3 Å². The van der Waals surface area contributed by atoms with Crippen LogP contribution in [-0.4, -0.2) is 37.4 Å². The van der Waals surface area contributed by atoms with Gasteiger partial charge in [-0.1, -0.05) is 45.9 Å². The standard InChI is InChI=1S/C18H27NO4S/c1-12(2)14-6-5-7-15(13(3)4)18(14)23-17(21)11-22-16(20)10-19-8-9-24/h5-7,12-13,19,24H,8-11H2,1-4H3. The molecule has 0 aliphatic carbocycles. The predicted molar refractivity (Wildman–Crippen MR) is 97.9 cm³/mol. The number of rotatable bonds is 9. The van der Waals surface area contributed by atoms with E-state index in [-0.39, 0.29) is 18.4 Å². The van der Waals surface area contributed by atoms with Crippen molar-refractivity contribution in [1.29, 1.82) is 0 Å². The van der Waals surface area contributed by atoms with Crippen LogP contribution >= 0.6 is 12.6 Å². The number of benzene rings is 1. The Bertz CT molecular complexity index is 532. The molecule has 134 valence electrons. The molecule has 5 nitrogen and oxygen atoms in total. The third-order valence-electron chi connectivity index (χ3n) is 3.44. The predicted octanol–water partition coefficient (Wildman–Crippen LogP) is 2.90. The molecule has 1 N–H and O–H groups in total. The van der Waals surface area contributed by atoms with Crippen LogP contribution in [0.3, 0.4) is 0 Å². The topological polar surface area (TPSA) is 64.6 Å². The van der Waals surface area contributed by atoms with E-state index in [0.29, 0.717) is 18.0 Å². The number of carbonyl (C=O) groups is 2. The van der Waals surface area contributed by atoms with Gasteiger partial charge in [0.2, 0.25) is 0 Å². The van der Waals surface area contributed by atoms with Gasteiger partial charge in [-0.2, -0.15) is 12.6 Å². The molecular weight excluding hydrogens is 326 g/mol. The van der Waals surface area contributed by atoms with E-state index in [2.05, 4.69) is 17.9 Å². The number of hydrogen-bond donors (Lipinski definition) is 2. The number of thiol groups is 1. The highest BCUT2D eigenvalue weighted by atomic mass is 32.1. The number of esters is 2. The maximum absolute atomic E-state index is 12.1. The molecule has 0 aliphatic heterocycles. The van der Waals surface area contributed by atoms with Crippen molar-refractivity contribution in [3.63, 3.8) is 0 Å². The normalized spacial score (nSPS) is 11.0. The molecule has 0 unspecified atom stereocenters. The van der Waals surface area contributed by atoms with Gasteiger partial charge in [0, 0.05) is 12.3 Å². The van der Waals surface area contributed by atoms with Crippen LogP contribution in [0.25, 0.3) is 0 Å². The van der Waals surface area contributed by atoms with Crippen LogP contribution in [0.2, 0.25) is 0 Å². The Labute approximate surface area is 149 Å². The summed E-state index contributed by atoms with van der Waals surface area (Å²) in [5, 5.41) is 2.85. The van der Waals surface area contributed by atoms with E-state index >= 15 is 0 Å². The highest BCUT2D eigenvalue weighted by Gasteiger charge is 2.18. The maximum Gasteiger partial charge on any atom is 0.349 e. The second-order valence-corrected chi connectivity index (χ2v) is 6.56. The largest absolute Gasteiger partial charge is 0.453 e. The van der Waals surface area contributed by atoms with Crippen molar-refractivity contribution in [2.75, 3.05) is 25.4 Å². The van der Waals surface area contributed by atoms with Gasteiger partial charge in [-0.25, -0.2) is 4.79 Å². The number of para-hydroxylation sites is 1. The summed E-state index contributed by atoms with van der Waals surface area (Å²) in [5.41, 5.74) is 1.94. The molecule has 1 rings (SSSR count). The maximum atomic E-state index is 12.1. The van der Waals surface area contributed by atoms with Crippen LogP contribution in [0, 0.1) is 0 Å².